The fourth-order valence-electron chi connectivity index (χ4n) is 3.29. The molecule has 0 N–H and O–H groups in total. The zero-order valence-electron chi connectivity index (χ0n) is 17.2. The van der Waals surface area contributed by atoms with Crippen molar-refractivity contribution in [3.8, 4) is 5.75 Å². The Morgan fingerprint density at radius 1 is 1.12 bits per heavy atom. The maximum absolute atomic E-state index is 14.6. The van der Waals surface area contributed by atoms with E-state index in [1.807, 2.05) is 0 Å². The van der Waals surface area contributed by atoms with Crippen molar-refractivity contribution in [3.63, 3.8) is 0 Å². The Balaban J connectivity index is 1.48. The van der Waals surface area contributed by atoms with E-state index in [2.05, 4.69) is 9.97 Å². The second-order valence-corrected chi connectivity index (χ2v) is 8.97. The Labute approximate surface area is 184 Å². The smallest absolute Gasteiger partial charge is 0.233 e. The SMILES string of the molecule is CCOc1cccc(S(=O)(=O)c2ccc(CCC(=O)c3cnc4nccn4c3)cc2)c1F. The molecule has 0 unspecified atom stereocenters. The van der Waals surface area contributed by atoms with Gasteiger partial charge in [-0.3, -0.25) is 9.20 Å². The summed E-state index contributed by atoms with van der Waals surface area (Å²) < 4.78 is 47.2. The van der Waals surface area contributed by atoms with Gasteiger partial charge in [0.15, 0.2) is 17.3 Å². The minimum atomic E-state index is -4.06. The normalized spacial score (nSPS) is 11.6. The van der Waals surface area contributed by atoms with Gasteiger partial charge >= 0.3 is 0 Å². The molecule has 0 bridgehead atoms. The zero-order chi connectivity index (χ0) is 22.7. The van der Waals surface area contributed by atoms with Crippen molar-refractivity contribution in [1.82, 2.24) is 14.4 Å². The number of fused-ring (bicyclic) bond motifs is 1. The first-order chi connectivity index (χ1) is 15.4. The number of hydrogen-bond donors (Lipinski definition) is 0. The van der Waals surface area contributed by atoms with Crippen LogP contribution in [0, 0.1) is 5.82 Å². The molecular weight excluding hydrogens is 433 g/mol. The summed E-state index contributed by atoms with van der Waals surface area (Å²) >= 11 is 0. The van der Waals surface area contributed by atoms with E-state index in [-0.39, 0.29) is 29.5 Å². The van der Waals surface area contributed by atoms with Gasteiger partial charge in [0.05, 0.1) is 17.1 Å². The highest BCUT2D eigenvalue weighted by molar-refractivity contribution is 7.91. The van der Waals surface area contributed by atoms with Crippen molar-refractivity contribution in [3.05, 3.63) is 84.2 Å². The van der Waals surface area contributed by atoms with E-state index >= 15 is 0 Å². The van der Waals surface area contributed by atoms with Gasteiger partial charge in [-0.2, -0.15) is 0 Å². The van der Waals surface area contributed by atoms with Crippen LogP contribution in [0.3, 0.4) is 0 Å². The van der Waals surface area contributed by atoms with Crippen LogP contribution in [-0.2, 0) is 16.3 Å². The fourth-order valence-corrected chi connectivity index (χ4v) is 4.63. The number of rotatable bonds is 8. The first-order valence-electron chi connectivity index (χ1n) is 9.97. The minimum absolute atomic E-state index is 0.0325. The van der Waals surface area contributed by atoms with Crippen molar-refractivity contribution in [1.29, 1.82) is 0 Å². The predicted molar refractivity (Wildman–Crippen MR) is 115 cm³/mol. The van der Waals surface area contributed by atoms with Crippen LogP contribution in [0.4, 0.5) is 4.39 Å². The van der Waals surface area contributed by atoms with Crippen LogP contribution in [-0.4, -0.2) is 35.2 Å². The first kappa shape index (κ1) is 21.6. The number of ether oxygens (including phenoxy) is 1. The Morgan fingerprint density at radius 2 is 1.91 bits per heavy atom. The molecule has 9 heteroatoms. The van der Waals surface area contributed by atoms with Crippen molar-refractivity contribution < 1.29 is 22.3 Å². The maximum Gasteiger partial charge on any atom is 0.233 e. The number of Topliss-reactive ketones (excluding diaryl/α,β-unsaturated/α-hetero) is 1. The Hall–Kier alpha value is -3.59. The van der Waals surface area contributed by atoms with Crippen molar-refractivity contribution in [2.24, 2.45) is 0 Å². The van der Waals surface area contributed by atoms with Crippen LogP contribution < -0.4 is 4.74 Å². The molecule has 0 aliphatic heterocycles. The summed E-state index contributed by atoms with van der Waals surface area (Å²) in [6.45, 7) is 1.91. The number of sulfone groups is 1. The summed E-state index contributed by atoms with van der Waals surface area (Å²) in [4.78, 5) is 20.2. The van der Waals surface area contributed by atoms with Crippen LogP contribution in [0.25, 0.3) is 5.78 Å². The fraction of sp³-hybridized carbons (Fsp3) is 0.174. The second kappa shape index (κ2) is 8.88. The lowest BCUT2D eigenvalue weighted by molar-refractivity contribution is 0.0982. The summed E-state index contributed by atoms with van der Waals surface area (Å²) in [6.07, 6.45) is 7.15. The van der Waals surface area contributed by atoms with Crippen LogP contribution in [0.2, 0.25) is 0 Å². The standard InChI is InChI=1S/C23H20FN3O4S/c1-2-31-20-4-3-5-21(22(20)24)32(29,30)18-9-6-16(7-10-18)8-11-19(28)17-14-26-23-25-12-13-27(23)15-17/h3-7,9-10,12-15H,2,8,11H2,1H3. The third-order valence-electron chi connectivity index (χ3n) is 4.96. The quantitative estimate of drug-likeness (QED) is 0.376. The lowest BCUT2D eigenvalue weighted by Crippen LogP contribution is -2.07. The number of halogens is 1. The van der Waals surface area contributed by atoms with Crippen LogP contribution in [0.5, 0.6) is 5.75 Å². The van der Waals surface area contributed by atoms with Crippen LogP contribution in [0.15, 0.2) is 77.0 Å². The molecule has 4 aromatic rings. The molecule has 0 fully saturated rings. The Bertz CT molecular complexity index is 1380. The van der Waals surface area contributed by atoms with E-state index in [9.17, 15) is 17.6 Å². The van der Waals surface area contributed by atoms with Gasteiger partial charge in [0.1, 0.15) is 4.90 Å². The summed E-state index contributed by atoms with van der Waals surface area (Å²) in [5.74, 6) is -0.583. The molecule has 32 heavy (non-hydrogen) atoms. The van der Waals surface area contributed by atoms with Crippen molar-refractivity contribution in [2.45, 2.75) is 29.6 Å². The summed E-state index contributed by atoms with van der Waals surface area (Å²) in [6, 6.07) is 10.1. The van der Waals surface area contributed by atoms with Gasteiger partial charge in [0, 0.05) is 31.2 Å². The third-order valence-corrected chi connectivity index (χ3v) is 6.75. The molecule has 2 aromatic heterocycles. The molecule has 0 aliphatic rings. The molecular formula is C23H20FN3O4S. The first-order valence-corrected chi connectivity index (χ1v) is 11.5. The monoisotopic (exact) mass is 453 g/mol. The second-order valence-electron chi connectivity index (χ2n) is 7.05. The number of carbonyl (C=O) groups excluding carboxylic acids is 1. The van der Waals surface area contributed by atoms with Gasteiger partial charge in [-0.05, 0) is 43.2 Å². The number of ketones is 1. The minimum Gasteiger partial charge on any atom is -0.491 e. The van der Waals surface area contributed by atoms with Crippen molar-refractivity contribution >= 4 is 21.4 Å². The van der Waals surface area contributed by atoms with Gasteiger partial charge in [0.2, 0.25) is 15.6 Å². The van der Waals surface area contributed by atoms with E-state index in [1.54, 1.807) is 42.0 Å². The number of aryl methyl sites for hydroxylation is 1. The van der Waals surface area contributed by atoms with E-state index in [1.165, 1.54) is 36.5 Å². The predicted octanol–water partition coefficient (Wildman–Crippen LogP) is 3.92. The number of hydrogen-bond acceptors (Lipinski definition) is 6. The van der Waals surface area contributed by atoms with Gasteiger partial charge in [-0.25, -0.2) is 22.8 Å². The van der Waals surface area contributed by atoms with Gasteiger partial charge < -0.3 is 4.74 Å². The molecule has 0 radical (unpaired) electrons. The highest BCUT2D eigenvalue weighted by Gasteiger charge is 2.24. The molecule has 7 nitrogen and oxygen atoms in total. The molecule has 0 atom stereocenters. The lowest BCUT2D eigenvalue weighted by atomic mass is 10.0. The van der Waals surface area contributed by atoms with Crippen LogP contribution in [0.1, 0.15) is 29.3 Å². The summed E-state index contributed by atoms with van der Waals surface area (Å²) in [5, 5.41) is 0. The number of carbonyl (C=O) groups is 1. The van der Waals surface area contributed by atoms with Crippen LogP contribution >= 0.6 is 0 Å². The molecule has 0 amide bonds. The zero-order valence-corrected chi connectivity index (χ0v) is 18.0. The number of imidazole rings is 1. The maximum atomic E-state index is 14.6. The van der Waals surface area contributed by atoms with E-state index < -0.39 is 20.5 Å². The summed E-state index contributed by atoms with van der Waals surface area (Å²) in [7, 11) is -4.06. The average molecular weight is 453 g/mol. The average Bonchev–Trinajstić information content (AvgIpc) is 3.27. The van der Waals surface area contributed by atoms with Crippen molar-refractivity contribution in [2.75, 3.05) is 6.61 Å². The topological polar surface area (TPSA) is 90.6 Å². The van der Waals surface area contributed by atoms with Gasteiger partial charge in [0.25, 0.3) is 0 Å². The molecule has 164 valence electrons. The van der Waals surface area contributed by atoms with Gasteiger partial charge in [-0.15, -0.1) is 0 Å². The van der Waals surface area contributed by atoms with Gasteiger partial charge in [-0.1, -0.05) is 18.2 Å². The highest BCUT2D eigenvalue weighted by atomic mass is 32.2. The lowest BCUT2D eigenvalue weighted by Gasteiger charge is -2.10. The summed E-state index contributed by atoms with van der Waals surface area (Å²) in [5.41, 5.74) is 1.26. The Morgan fingerprint density at radius 3 is 2.66 bits per heavy atom. The molecule has 0 saturated carbocycles. The molecule has 0 saturated heterocycles. The largest absolute Gasteiger partial charge is 0.491 e. The molecule has 2 aromatic carbocycles. The van der Waals surface area contributed by atoms with E-state index in [4.69, 9.17) is 4.74 Å². The number of nitrogens with zero attached hydrogens (tertiary/aromatic N) is 3. The molecule has 0 spiro atoms. The number of benzene rings is 2. The van der Waals surface area contributed by atoms with E-state index in [0.717, 1.165) is 5.56 Å². The van der Waals surface area contributed by atoms with E-state index in [0.29, 0.717) is 17.8 Å². The molecule has 4 rings (SSSR count). The molecule has 0 aliphatic carbocycles. The molecule has 2 heterocycles. The highest BCUT2D eigenvalue weighted by Crippen LogP contribution is 2.29. The Kier molecular flexibility index (Phi) is 6.00. The third kappa shape index (κ3) is 4.24. The number of aromatic nitrogens is 3.